The maximum Gasteiger partial charge on any atom is 0.238 e. The van der Waals surface area contributed by atoms with Crippen molar-refractivity contribution < 1.29 is 8.81 Å². The summed E-state index contributed by atoms with van der Waals surface area (Å²) in [4.78, 5) is 13.2. The fourth-order valence-electron chi connectivity index (χ4n) is 3.26. The van der Waals surface area contributed by atoms with Crippen molar-refractivity contribution in [2.24, 2.45) is 0 Å². The first-order valence-corrected chi connectivity index (χ1v) is 9.51. The molecule has 4 rings (SSSR count). The Bertz CT molecular complexity index is 1140. The number of hydrogen-bond donors (Lipinski definition) is 1. The van der Waals surface area contributed by atoms with Gasteiger partial charge in [0.15, 0.2) is 0 Å². The van der Waals surface area contributed by atoms with Crippen LogP contribution in [0.25, 0.3) is 22.2 Å². The Hall–Kier alpha value is -3.42. The van der Waals surface area contributed by atoms with Gasteiger partial charge in [-0.1, -0.05) is 13.3 Å². The van der Waals surface area contributed by atoms with Crippen LogP contribution in [-0.2, 0) is 6.42 Å². The highest BCUT2D eigenvalue weighted by molar-refractivity contribution is 5.94. The van der Waals surface area contributed by atoms with Crippen LogP contribution in [0.3, 0.4) is 0 Å². The largest absolute Gasteiger partial charge is 0.423 e. The molecule has 29 heavy (non-hydrogen) atoms. The van der Waals surface area contributed by atoms with E-state index in [2.05, 4.69) is 43.5 Å². The van der Waals surface area contributed by atoms with Crippen molar-refractivity contribution in [2.75, 3.05) is 5.32 Å². The lowest BCUT2D eigenvalue weighted by Crippen LogP contribution is -2.09. The molecule has 0 radical (unpaired) electrons. The maximum absolute atomic E-state index is 13.3. The Balaban J connectivity index is 1.81. The summed E-state index contributed by atoms with van der Waals surface area (Å²) in [5.74, 6) is 1.30. The predicted molar refractivity (Wildman–Crippen MR) is 108 cm³/mol. The van der Waals surface area contributed by atoms with Gasteiger partial charge in [0.1, 0.15) is 24.0 Å². The Morgan fingerprint density at radius 3 is 2.69 bits per heavy atom. The fourth-order valence-corrected chi connectivity index (χ4v) is 3.26. The number of anilines is 1. The summed E-state index contributed by atoms with van der Waals surface area (Å²) in [5, 5.41) is 12.2. The number of hydrogen-bond acceptors (Lipinski definition) is 7. The van der Waals surface area contributed by atoms with Crippen LogP contribution in [0.2, 0.25) is 0 Å². The van der Waals surface area contributed by atoms with Gasteiger partial charge in [-0.05, 0) is 43.2 Å². The van der Waals surface area contributed by atoms with Crippen LogP contribution >= 0.6 is 0 Å². The molecule has 0 aliphatic heterocycles. The molecule has 1 N–H and O–H groups in total. The van der Waals surface area contributed by atoms with Crippen LogP contribution in [0.4, 0.5) is 10.2 Å². The van der Waals surface area contributed by atoms with Gasteiger partial charge in [0.2, 0.25) is 11.8 Å². The third-order valence-corrected chi connectivity index (χ3v) is 4.63. The summed E-state index contributed by atoms with van der Waals surface area (Å²) in [6, 6.07) is 6.90. The Kier molecular flexibility index (Phi) is 5.16. The van der Waals surface area contributed by atoms with E-state index in [-0.39, 0.29) is 11.9 Å². The zero-order valence-corrected chi connectivity index (χ0v) is 16.5. The second-order valence-electron chi connectivity index (χ2n) is 6.89. The lowest BCUT2D eigenvalue weighted by molar-refractivity contribution is 0.451. The highest BCUT2D eigenvalue weighted by Crippen LogP contribution is 2.31. The van der Waals surface area contributed by atoms with E-state index in [9.17, 15) is 4.39 Å². The number of pyridine rings is 1. The smallest absolute Gasteiger partial charge is 0.238 e. The molecule has 0 amide bonds. The summed E-state index contributed by atoms with van der Waals surface area (Å²) in [5.41, 5.74) is 3.56. The molecule has 0 bridgehead atoms. The van der Waals surface area contributed by atoms with Crippen LogP contribution in [0.15, 0.2) is 41.2 Å². The lowest BCUT2D eigenvalue weighted by Gasteiger charge is -2.15. The molecular weight excluding hydrogens is 371 g/mol. The summed E-state index contributed by atoms with van der Waals surface area (Å²) >= 11 is 0. The second kappa shape index (κ2) is 7.90. The zero-order valence-electron chi connectivity index (χ0n) is 16.5. The first-order chi connectivity index (χ1) is 14.0. The van der Waals surface area contributed by atoms with E-state index >= 15 is 0 Å². The monoisotopic (exact) mass is 392 g/mol. The van der Waals surface area contributed by atoms with Crippen LogP contribution in [-0.4, -0.2) is 25.1 Å². The summed E-state index contributed by atoms with van der Waals surface area (Å²) in [6.07, 6.45) is 4.60. The summed E-state index contributed by atoms with van der Waals surface area (Å²) in [6.45, 7) is 5.80. The minimum Gasteiger partial charge on any atom is -0.423 e. The molecule has 0 aliphatic rings. The number of nitrogens with one attached hydrogen (secondary N) is 1. The first kappa shape index (κ1) is 18.9. The zero-order chi connectivity index (χ0) is 20.4. The number of aryl methyl sites for hydroxylation is 2. The molecule has 1 atom stereocenters. The number of rotatable bonds is 6. The fraction of sp³-hybridized carbons (Fsp3) is 0.286. The molecule has 0 saturated heterocycles. The van der Waals surface area contributed by atoms with Crippen LogP contribution in [0.1, 0.15) is 43.7 Å². The first-order valence-electron chi connectivity index (χ1n) is 9.51. The minimum atomic E-state index is -0.363. The van der Waals surface area contributed by atoms with E-state index in [0.29, 0.717) is 23.3 Å². The van der Waals surface area contributed by atoms with Crippen LogP contribution in [0.5, 0.6) is 0 Å². The van der Waals surface area contributed by atoms with Crippen LogP contribution in [0, 0.1) is 12.7 Å². The van der Waals surface area contributed by atoms with E-state index in [1.807, 2.05) is 13.0 Å². The highest BCUT2D eigenvalue weighted by atomic mass is 19.1. The predicted octanol–water partition coefficient (Wildman–Crippen LogP) is 4.65. The van der Waals surface area contributed by atoms with Crippen molar-refractivity contribution in [1.82, 2.24) is 25.1 Å². The molecule has 4 aromatic rings. The maximum atomic E-state index is 13.3. The number of halogens is 1. The lowest BCUT2D eigenvalue weighted by atomic mass is 10.00. The van der Waals surface area contributed by atoms with E-state index in [4.69, 9.17) is 4.42 Å². The molecule has 0 spiro atoms. The Morgan fingerprint density at radius 2 is 2.00 bits per heavy atom. The molecule has 8 heteroatoms. The minimum absolute atomic E-state index is 0.225. The van der Waals surface area contributed by atoms with Gasteiger partial charge >= 0.3 is 0 Å². The van der Waals surface area contributed by atoms with Gasteiger partial charge in [-0.25, -0.2) is 14.4 Å². The van der Waals surface area contributed by atoms with Crippen molar-refractivity contribution in [3.05, 3.63) is 60.0 Å². The number of fused-ring (bicyclic) bond motifs is 1. The van der Waals surface area contributed by atoms with Crippen LogP contribution < -0.4 is 5.32 Å². The highest BCUT2D eigenvalue weighted by Gasteiger charge is 2.17. The van der Waals surface area contributed by atoms with Gasteiger partial charge in [-0.3, -0.25) is 4.98 Å². The molecule has 3 aromatic heterocycles. The van der Waals surface area contributed by atoms with Gasteiger partial charge < -0.3 is 9.73 Å². The average Bonchev–Trinajstić information content (AvgIpc) is 3.16. The molecule has 1 aromatic carbocycles. The Morgan fingerprint density at radius 1 is 1.14 bits per heavy atom. The standard InChI is InChI=1S/C21H21FN6O/c1-4-5-14-8-15(18-7-6-16(22)10-23-18)9-17-19(14)24-11-25-20(17)26-12(2)21-28-27-13(3)29-21/h6-12H,4-5H2,1-3H3,(H,24,25,26)/t12-/m1/s1. The number of nitrogens with zero attached hydrogens (tertiary/aromatic N) is 5. The molecule has 0 saturated carbocycles. The molecular formula is C21H21FN6O. The molecule has 0 unspecified atom stereocenters. The van der Waals surface area contributed by atoms with E-state index in [1.165, 1.54) is 12.3 Å². The molecule has 0 aliphatic carbocycles. The van der Waals surface area contributed by atoms with E-state index in [1.54, 1.807) is 19.3 Å². The van der Waals surface area contributed by atoms with Crippen molar-refractivity contribution in [1.29, 1.82) is 0 Å². The average molecular weight is 392 g/mol. The van der Waals surface area contributed by atoms with E-state index < -0.39 is 0 Å². The van der Waals surface area contributed by atoms with Gasteiger partial charge in [-0.2, -0.15) is 0 Å². The molecule has 3 heterocycles. The SMILES string of the molecule is CCCc1cc(-c2ccc(F)cn2)cc2c(N[C@H](C)c3nnc(C)o3)ncnc12. The Labute approximate surface area is 167 Å². The molecule has 7 nitrogen and oxygen atoms in total. The third-order valence-electron chi connectivity index (χ3n) is 4.63. The van der Waals surface area contributed by atoms with Gasteiger partial charge in [0.05, 0.1) is 17.4 Å². The van der Waals surface area contributed by atoms with Crippen molar-refractivity contribution in [2.45, 2.75) is 39.7 Å². The number of aromatic nitrogens is 5. The van der Waals surface area contributed by atoms with Crippen molar-refractivity contribution in [3.63, 3.8) is 0 Å². The normalized spacial score (nSPS) is 12.3. The number of benzene rings is 1. The second-order valence-corrected chi connectivity index (χ2v) is 6.89. The van der Waals surface area contributed by atoms with Gasteiger partial charge in [0.25, 0.3) is 0 Å². The molecule has 0 fully saturated rings. The molecule has 148 valence electrons. The van der Waals surface area contributed by atoms with Gasteiger partial charge in [-0.15, -0.1) is 10.2 Å². The topological polar surface area (TPSA) is 89.6 Å². The van der Waals surface area contributed by atoms with Gasteiger partial charge in [0, 0.05) is 17.9 Å². The van der Waals surface area contributed by atoms with Crippen molar-refractivity contribution in [3.8, 4) is 11.3 Å². The van der Waals surface area contributed by atoms with E-state index in [0.717, 1.165) is 34.9 Å². The summed E-state index contributed by atoms with van der Waals surface area (Å²) in [7, 11) is 0. The summed E-state index contributed by atoms with van der Waals surface area (Å²) < 4.78 is 18.8. The van der Waals surface area contributed by atoms with Crippen molar-refractivity contribution >= 4 is 16.7 Å². The quantitative estimate of drug-likeness (QED) is 0.511. The third kappa shape index (κ3) is 3.91.